The van der Waals surface area contributed by atoms with E-state index in [1.807, 2.05) is 6.92 Å². The van der Waals surface area contributed by atoms with E-state index in [4.69, 9.17) is 9.47 Å². The largest absolute Gasteiger partial charge is 0.483 e. The van der Waals surface area contributed by atoms with Gasteiger partial charge in [-0.3, -0.25) is 4.79 Å². The maximum atomic E-state index is 13.2. The van der Waals surface area contributed by atoms with Crippen molar-refractivity contribution in [3.63, 3.8) is 0 Å². The highest BCUT2D eigenvalue weighted by atomic mass is 19.2. The molecule has 100 valence electrons. The minimum absolute atomic E-state index is 0.0114. The molecule has 0 aliphatic heterocycles. The second-order valence-electron chi connectivity index (χ2n) is 4.56. The molecule has 1 aromatic carbocycles. The Bertz CT molecular complexity index is 392. The Labute approximate surface area is 107 Å². The molecule has 1 unspecified atom stereocenters. The summed E-state index contributed by atoms with van der Waals surface area (Å²) in [5.41, 5.74) is 0. The number of carbonyl (C=O) groups excluding carboxylic acids is 1. The molecular weight excluding hydrogens is 235 g/mol. The van der Waals surface area contributed by atoms with Crippen molar-refractivity contribution in [3.8, 4) is 11.5 Å². The van der Waals surface area contributed by atoms with Crippen LogP contribution < -0.4 is 9.47 Å². The normalized spacial score (nSPS) is 12.9. The lowest BCUT2D eigenvalue weighted by molar-refractivity contribution is -0.123. The van der Waals surface area contributed by atoms with Gasteiger partial charge < -0.3 is 9.47 Å². The summed E-state index contributed by atoms with van der Waals surface area (Å²) >= 11 is 0. The van der Waals surface area contributed by atoms with Crippen LogP contribution in [0.4, 0.5) is 4.39 Å². The fourth-order valence-electron chi connectivity index (χ4n) is 1.48. The van der Waals surface area contributed by atoms with E-state index in [0.717, 1.165) is 0 Å². The van der Waals surface area contributed by atoms with E-state index < -0.39 is 12.0 Å². The summed E-state index contributed by atoms with van der Waals surface area (Å²) in [6, 6.07) is 6.55. The molecule has 0 aliphatic rings. The number of alkyl halides is 1. The molecule has 0 bridgehead atoms. The van der Waals surface area contributed by atoms with E-state index in [9.17, 15) is 9.18 Å². The van der Waals surface area contributed by atoms with Crippen molar-refractivity contribution in [1.29, 1.82) is 0 Å². The van der Waals surface area contributed by atoms with Crippen molar-refractivity contribution in [3.05, 3.63) is 24.3 Å². The van der Waals surface area contributed by atoms with Crippen molar-refractivity contribution >= 4 is 5.78 Å². The van der Waals surface area contributed by atoms with Gasteiger partial charge in [0.25, 0.3) is 0 Å². The predicted molar refractivity (Wildman–Crippen MR) is 67.6 cm³/mol. The van der Waals surface area contributed by atoms with Gasteiger partial charge in [-0.05, 0) is 37.6 Å². The molecule has 0 N–H and O–H groups in total. The van der Waals surface area contributed by atoms with Crippen molar-refractivity contribution in [1.82, 2.24) is 0 Å². The number of Topliss-reactive ketones (excluding diaryl/α,β-unsaturated/α-hetero) is 1. The van der Waals surface area contributed by atoms with E-state index in [0.29, 0.717) is 17.9 Å². The van der Waals surface area contributed by atoms with Gasteiger partial charge in [0.1, 0.15) is 11.5 Å². The number of hydrogen-bond donors (Lipinski definition) is 0. The number of hydrogen-bond acceptors (Lipinski definition) is 3. The molecule has 0 saturated carbocycles. The van der Waals surface area contributed by atoms with Crippen molar-refractivity contribution in [2.24, 2.45) is 0 Å². The average molecular weight is 254 g/mol. The van der Waals surface area contributed by atoms with Crippen LogP contribution >= 0.6 is 0 Å². The van der Waals surface area contributed by atoms with Gasteiger partial charge in [-0.1, -0.05) is 6.92 Å². The van der Waals surface area contributed by atoms with Crippen LogP contribution in [0.5, 0.6) is 11.5 Å². The van der Waals surface area contributed by atoms with Crippen LogP contribution in [0.25, 0.3) is 0 Å². The van der Waals surface area contributed by atoms with Crippen LogP contribution in [0, 0.1) is 0 Å². The summed E-state index contributed by atoms with van der Waals surface area (Å²) in [7, 11) is 0. The lowest BCUT2D eigenvalue weighted by atomic mass is 10.2. The van der Waals surface area contributed by atoms with Gasteiger partial charge in [-0.25, -0.2) is 0 Å². The number of halogens is 1. The summed E-state index contributed by atoms with van der Waals surface area (Å²) in [5, 5.41) is 0. The summed E-state index contributed by atoms with van der Waals surface area (Å²) < 4.78 is 23.8. The second-order valence-corrected chi connectivity index (χ2v) is 4.56. The molecular formula is C14H19FO3. The quantitative estimate of drug-likeness (QED) is 0.779. The maximum Gasteiger partial charge on any atom is 0.242 e. The summed E-state index contributed by atoms with van der Waals surface area (Å²) in [6.45, 7) is 6.05. The van der Waals surface area contributed by atoms with Gasteiger partial charge in [-0.15, -0.1) is 0 Å². The van der Waals surface area contributed by atoms with Crippen LogP contribution in [0.3, 0.4) is 0 Å². The van der Waals surface area contributed by atoms with Gasteiger partial charge >= 0.3 is 0 Å². The molecule has 0 heterocycles. The van der Waals surface area contributed by atoms with Crippen molar-refractivity contribution in [2.45, 2.75) is 46.1 Å². The molecule has 1 rings (SSSR count). The zero-order valence-electron chi connectivity index (χ0n) is 11.2. The summed E-state index contributed by atoms with van der Waals surface area (Å²) in [6.07, 6.45) is 0.180. The monoisotopic (exact) mass is 254 g/mol. The second kappa shape index (κ2) is 5.85. The minimum atomic E-state index is -1.71. The third-order valence-corrected chi connectivity index (χ3v) is 2.29. The lowest BCUT2D eigenvalue weighted by Gasteiger charge is -2.18. The molecule has 0 aromatic heterocycles. The topological polar surface area (TPSA) is 35.5 Å². The first-order valence-corrected chi connectivity index (χ1v) is 5.97. The van der Waals surface area contributed by atoms with E-state index in [1.54, 1.807) is 24.3 Å². The highest BCUT2D eigenvalue weighted by molar-refractivity contribution is 5.80. The molecule has 0 saturated heterocycles. The number of benzene rings is 1. The first kappa shape index (κ1) is 14.5. The average Bonchev–Trinajstić information content (AvgIpc) is 2.25. The van der Waals surface area contributed by atoms with Crippen molar-refractivity contribution < 1.29 is 18.7 Å². The Balaban J connectivity index is 2.68. The standard InChI is InChI=1S/C14H19FO3/c1-5-13(10(2)16)17-11-6-8-12(9-7-11)18-14(3,4)15/h6-9,13H,5H2,1-4H3. The van der Waals surface area contributed by atoms with Crippen LogP contribution in [0.15, 0.2) is 24.3 Å². The Morgan fingerprint density at radius 1 is 1.28 bits per heavy atom. The first-order valence-electron chi connectivity index (χ1n) is 5.97. The number of ether oxygens (including phenoxy) is 2. The molecule has 1 atom stereocenters. The highest BCUT2D eigenvalue weighted by Gasteiger charge is 2.17. The third-order valence-electron chi connectivity index (χ3n) is 2.29. The SMILES string of the molecule is CCC(Oc1ccc(OC(C)(C)F)cc1)C(C)=O. The van der Waals surface area contributed by atoms with Gasteiger partial charge in [0, 0.05) is 13.8 Å². The van der Waals surface area contributed by atoms with Crippen molar-refractivity contribution in [2.75, 3.05) is 0 Å². The highest BCUT2D eigenvalue weighted by Crippen LogP contribution is 2.23. The molecule has 0 spiro atoms. The maximum absolute atomic E-state index is 13.2. The minimum Gasteiger partial charge on any atom is -0.483 e. The summed E-state index contributed by atoms with van der Waals surface area (Å²) in [5.74, 6) is -0.734. The van der Waals surface area contributed by atoms with E-state index >= 15 is 0 Å². The molecule has 1 aromatic rings. The molecule has 0 fully saturated rings. The smallest absolute Gasteiger partial charge is 0.242 e. The van der Waals surface area contributed by atoms with Crippen LogP contribution in [-0.2, 0) is 4.79 Å². The lowest BCUT2D eigenvalue weighted by Crippen LogP contribution is -2.24. The Kier molecular flexibility index (Phi) is 4.70. The van der Waals surface area contributed by atoms with Crippen LogP contribution in [-0.4, -0.2) is 17.7 Å². The predicted octanol–water partition coefficient (Wildman–Crippen LogP) is 3.52. The number of rotatable bonds is 6. The van der Waals surface area contributed by atoms with Gasteiger partial charge in [0.2, 0.25) is 5.85 Å². The Hall–Kier alpha value is -1.58. The molecule has 0 amide bonds. The van der Waals surface area contributed by atoms with Gasteiger partial charge in [-0.2, -0.15) is 4.39 Å². The summed E-state index contributed by atoms with van der Waals surface area (Å²) in [4.78, 5) is 11.2. The molecule has 0 aliphatic carbocycles. The van der Waals surface area contributed by atoms with Gasteiger partial charge in [0.15, 0.2) is 11.9 Å². The molecule has 0 radical (unpaired) electrons. The fourth-order valence-corrected chi connectivity index (χ4v) is 1.48. The zero-order chi connectivity index (χ0) is 13.8. The molecule has 18 heavy (non-hydrogen) atoms. The van der Waals surface area contributed by atoms with Crippen LogP contribution in [0.2, 0.25) is 0 Å². The number of carbonyl (C=O) groups is 1. The fraction of sp³-hybridized carbons (Fsp3) is 0.500. The van der Waals surface area contributed by atoms with Gasteiger partial charge in [0.05, 0.1) is 0 Å². The third kappa shape index (κ3) is 4.73. The van der Waals surface area contributed by atoms with E-state index in [2.05, 4.69) is 0 Å². The van der Waals surface area contributed by atoms with Crippen LogP contribution in [0.1, 0.15) is 34.1 Å². The molecule has 4 heteroatoms. The molecule has 3 nitrogen and oxygen atoms in total. The first-order chi connectivity index (χ1) is 8.31. The van der Waals surface area contributed by atoms with E-state index in [1.165, 1.54) is 20.8 Å². The van der Waals surface area contributed by atoms with E-state index in [-0.39, 0.29) is 5.78 Å². The number of ketones is 1. The Morgan fingerprint density at radius 3 is 2.17 bits per heavy atom. The Morgan fingerprint density at radius 2 is 1.78 bits per heavy atom. The zero-order valence-corrected chi connectivity index (χ0v) is 11.2.